The molecule has 20 aromatic rings. The first-order chi connectivity index (χ1) is 60.6. The molecule has 5 heterocycles. The molecule has 7 heteroatoms. The summed E-state index contributed by atoms with van der Waals surface area (Å²) in [5.41, 5.74) is 26.8. The van der Waals surface area contributed by atoms with Gasteiger partial charge in [-0.2, -0.15) is 0 Å². The van der Waals surface area contributed by atoms with E-state index in [4.69, 9.17) is 0 Å². The van der Waals surface area contributed by atoms with Gasteiger partial charge in [0.05, 0.1) is 55.4 Å². The number of anilines is 9. The molecule has 17 aromatic carbocycles. The summed E-state index contributed by atoms with van der Waals surface area (Å²) in [6.07, 6.45) is 0. The number of benzene rings is 17. The number of rotatable bonds is 12. The third-order valence-electron chi connectivity index (χ3n) is 24.1. The highest BCUT2D eigenvalue weighted by atomic mass is 15.2. The Kier molecular flexibility index (Phi) is 14.2. The molecule has 0 saturated heterocycles. The summed E-state index contributed by atoms with van der Waals surface area (Å²) in [5.74, 6) is 0. The summed E-state index contributed by atoms with van der Waals surface area (Å²) in [7, 11) is 0. The molecule has 0 spiro atoms. The van der Waals surface area contributed by atoms with Crippen molar-refractivity contribution in [3.05, 3.63) is 405 Å². The van der Waals surface area contributed by atoms with Crippen LogP contribution >= 0.6 is 0 Å². The van der Waals surface area contributed by atoms with Crippen LogP contribution in [0.25, 0.3) is 127 Å². The van der Waals surface area contributed by atoms with Gasteiger partial charge in [0.15, 0.2) is 0 Å². The second-order valence-corrected chi connectivity index (χ2v) is 33.1. The van der Waals surface area contributed by atoms with Gasteiger partial charge in [-0.15, -0.1) is 0 Å². The maximum atomic E-state index is 10.3. The Labute approximate surface area is 694 Å². The van der Waals surface area contributed by atoms with E-state index >= 15 is 0 Å². The molecule has 556 valence electrons. The normalized spacial score (nSPS) is 13.6. The second-order valence-electron chi connectivity index (χ2n) is 33.1. The monoisotopic (exact) mass is 1510 g/mol. The lowest BCUT2D eigenvalue weighted by molar-refractivity contribution is 0.590. The van der Waals surface area contributed by atoms with Crippen LogP contribution in [0.5, 0.6) is 0 Å². The van der Waals surface area contributed by atoms with Gasteiger partial charge in [-0.1, -0.05) is 296 Å². The van der Waals surface area contributed by atoms with Crippen molar-refractivity contribution in [2.75, 3.05) is 14.7 Å². The molecule has 0 fully saturated rings. The molecule has 0 amide bonds. The molecule has 0 radical (unpaired) electrons. The van der Waals surface area contributed by atoms with Crippen LogP contribution in [0.1, 0.15) is 63.6 Å². The minimum Gasteiger partial charge on any atom is -0.311 e. The van der Waals surface area contributed by atoms with Crippen LogP contribution < -0.4 is 31.1 Å². The van der Waals surface area contributed by atoms with E-state index < -0.39 is 55.1 Å². The van der Waals surface area contributed by atoms with E-state index in [1.165, 1.54) is 21.9 Å². The van der Waals surface area contributed by atoms with E-state index in [1.54, 1.807) is 4.57 Å². The highest BCUT2D eigenvalue weighted by molar-refractivity contribution is 7.00. The van der Waals surface area contributed by atoms with Crippen molar-refractivity contribution in [2.24, 2.45) is 0 Å². The summed E-state index contributed by atoms with van der Waals surface area (Å²) in [4.78, 5) is 7.16. The van der Waals surface area contributed by atoms with Gasteiger partial charge < -0.3 is 28.4 Å². The molecule has 0 N–H and O–H groups in total. The third-order valence-corrected chi connectivity index (χ3v) is 24.1. The molecule has 22 rings (SSSR count). The first kappa shape index (κ1) is 61.2. The average molecular weight is 1510 g/mol. The lowest BCUT2D eigenvalue weighted by Gasteiger charge is -2.45. The number of nitrogens with zero attached hydrogens (tertiary/aromatic N) is 6. The number of para-hydroxylation sites is 6. The fourth-order valence-corrected chi connectivity index (χ4v) is 18.6. The van der Waals surface area contributed by atoms with Crippen LogP contribution in [0.15, 0.2) is 394 Å². The van der Waals surface area contributed by atoms with Crippen LogP contribution in [0.4, 0.5) is 51.2 Å². The van der Waals surface area contributed by atoms with Gasteiger partial charge in [0.25, 0.3) is 6.71 Å². The van der Waals surface area contributed by atoms with Gasteiger partial charge in [0, 0.05) is 100 Å². The van der Waals surface area contributed by atoms with Gasteiger partial charge >= 0.3 is 0 Å². The van der Waals surface area contributed by atoms with Gasteiger partial charge in [-0.3, -0.25) is 0 Å². The van der Waals surface area contributed by atoms with Gasteiger partial charge in [-0.05, 0) is 211 Å². The molecule has 6 nitrogen and oxygen atoms in total. The lowest BCUT2D eigenvalue weighted by atomic mass is 9.33. The standard InChI is InChI=1S/C110H83BN6/c1-109(2,3)78-51-61-101-93(66-78)94-67-79(110(4,5)6)52-62-102(94)114(101)84-58-60-95-103(69-84)116(85-64-76(72-31-12-7-13-32-72)63-77(65-85)73-33-14-8-15-34-73)105-70-86(115-99-49-28-24-43-91(99)92-44-25-29-50-100(92)115)71-106-107(105)111(95)96-59-57-83(68-104(96)117(106)108-87(74-35-16-9-17-36-74)45-30-46-88(108)75-37-18-10-19-38-75)112(80-39-20-11-21-40-80)81-53-55-82(56-54-81)113-97-47-26-22-41-89(97)90-42-23-27-48-98(90)113/h7-71H,1-6H3/i24D,25D,28D,29D,43D,44D,49D,50D. The number of aromatic nitrogens is 3. The van der Waals surface area contributed by atoms with E-state index in [0.717, 1.165) is 145 Å². The van der Waals surface area contributed by atoms with E-state index in [1.807, 2.05) is 24.3 Å². The maximum absolute atomic E-state index is 10.3. The summed E-state index contributed by atoms with van der Waals surface area (Å²) >= 11 is 0. The summed E-state index contributed by atoms with van der Waals surface area (Å²) in [6, 6.07) is 120. The van der Waals surface area contributed by atoms with E-state index in [9.17, 15) is 11.0 Å². The molecule has 2 aliphatic heterocycles. The number of hydrogen-bond acceptors (Lipinski definition) is 3. The van der Waals surface area contributed by atoms with Crippen molar-refractivity contribution in [2.45, 2.75) is 52.4 Å². The molecule has 2 aliphatic rings. The largest absolute Gasteiger partial charge is 0.311 e. The smallest absolute Gasteiger partial charge is 0.252 e. The van der Waals surface area contributed by atoms with Crippen molar-refractivity contribution in [3.63, 3.8) is 0 Å². The van der Waals surface area contributed by atoms with Crippen LogP contribution in [0.3, 0.4) is 0 Å². The zero-order valence-electron chi connectivity index (χ0n) is 73.7. The minimum atomic E-state index is -0.574. The zero-order chi connectivity index (χ0) is 85.3. The molecular weight excluding hydrogens is 1420 g/mol. The molecular formula is C110H83BN6. The maximum Gasteiger partial charge on any atom is 0.252 e. The first-order valence-corrected chi connectivity index (χ1v) is 40.3. The summed E-state index contributed by atoms with van der Waals surface area (Å²) < 4.78 is 84.9. The Morgan fingerprint density at radius 1 is 0.265 bits per heavy atom. The molecule has 0 unspecified atom stereocenters. The Morgan fingerprint density at radius 3 is 1.21 bits per heavy atom. The predicted molar refractivity (Wildman–Crippen MR) is 497 cm³/mol. The molecule has 0 aliphatic carbocycles. The van der Waals surface area contributed by atoms with Crippen molar-refractivity contribution < 1.29 is 11.0 Å². The Morgan fingerprint density at radius 2 is 0.675 bits per heavy atom. The predicted octanol–water partition coefficient (Wildman–Crippen LogP) is 27.8. The topological polar surface area (TPSA) is 24.5 Å². The van der Waals surface area contributed by atoms with Crippen molar-refractivity contribution in [3.8, 4) is 61.6 Å². The summed E-state index contributed by atoms with van der Waals surface area (Å²) in [6.45, 7) is 13.1. The molecule has 3 aromatic heterocycles. The van der Waals surface area contributed by atoms with E-state index in [-0.39, 0.29) is 32.6 Å². The third kappa shape index (κ3) is 11.4. The van der Waals surface area contributed by atoms with Crippen LogP contribution in [0, 0.1) is 0 Å². The molecule has 0 saturated carbocycles. The highest BCUT2D eigenvalue weighted by Gasteiger charge is 2.46. The average Bonchev–Trinajstić information content (AvgIpc) is 1.66. The highest BCUT2D eigenvalue weighted by Crippen LogP contribution is 2.54. The quantitative estimate of drug-likeness (QED) is 0.114. The van der Waals surface area contributed by atoms with Crippen LogP contribution in [-0.2, 0) is 10.8 Å². The summed E-state index contributed by atoms with van der Waals surface area (Å²) in [5, 5.41) is 4.59. The number of hydrogen-bond donors (Lipinski definition) is 0. The van der Waals surface area contributed by atoms with Crippen LogP contribution in [-0.4, -0.2) is 20.4 Å². The number of fused-ring (bicyclic) bond motifs is 13. The van der Waals surface area contributed by atoms with Gasteiger partial charge in [0.1, 0.15) is 0 Å². The lowest BCUT2D eigenvalue weighted by Crippen LogP contribution is -2.61. The van der Waals surface area contributed by atoms with Crippen LogP contribution in [0.2, 0.25) is 0 Å². The zero-order valence-corrected chi connectivity index (χ0v) is 65.7. The van der Waals surface area contributed by atoms with Crippen molar-refractivity contribution in [1.82, 2.24) is 13.7 Å². The Bertz CT molecular complexity index is 7530. The molecule has 117 heavy (non-hydrogen) atoms. The van der Waals surface area contributed by atoms with Gasteiger partial charge in [0.2, 0.25) is 0 Å². The Hall–Kier alpha value is -14.4. The second kappa shape index (κ2) is 27.2. The minimum absolute atomic E-state index is 0.00200. The van der Waals surface area contributed by atoms with Crippen molar-refractivity contribution in [1.29, 1.82) is 0 Å². The fourth-order valence-electron chi connectivity index (χ4n) is 18.6. The van der Waals surface area contributed by atoms with Crippen molar-refractivity contribution >= 4 is 140 Å². The first-order valence-electron chi connectivity index (χ1n) is 44.3. The van der Waals surface area contributed by atoms with Gasteiger partial charge in [-0.25, -0.2) is 0 Å². The van der Waals surface area contributed by atoms with E-state index in [0.29, 0.717) is 17.1 Å². The van der Waals surface area contributed by atoms with E-state index in [2.05, 4.69) is 387 Å². The molecule has 0 bridgehead atoms. The molecule has 0 atom stereocenters. The SMILES string of the molecule is [2H]c1c([2H])c([2H])c2c(c1[2H])c1c([2H])c([2H])c([2H])c([2H])c1n2-c1cc2c3c(c1)N(c1c(-c4ccccc4)cccc1-c1ccccc1)c1cc(N(c4ccccc4)c4ccc(-n5c6ccccc6c6ccccc65)cc4)ccc1B3c1ccc(-n3c4ccc(C(C)(C)C)cc4c4cc(C(C)(C)C)ccc43)cc1N2c1cc(-c2ccccc2)cc(-c2ccccc2)c1. The fraction of sp³-hybridized carbons (Fsp3) is 0.0727. The Balaban J connectivity index is 0.909.